The van der Waals surface area contributed by atoms with Gasteiger partial charge in [0.1, 0.15) is 0 Å². The second kappa shape index (κ2) is 3.08. The molecule has 0 radical (unpaired) electrons. The Hall–Kier alpha value is -0.870. The van der Waals surface area contributed by atoms with Crippen molar-refractivity contribution in [2.45, 2.75) is 38.7 Å². The zero-order valence-electron chi connectivity index (χ0n) is 9.60. The average Bonchev–Trinajstić information content (AvgIpc) is 2.66. The molecule has 0 amide bonds. The molecule has 1 unspecified atom stereocenters. The third kappa shape index (κ3) is 1.48. The van der Waals surface area contributed by atoms with Gasteiger partial charge in [0.15, 0.2) is 4.96 Å². The Morgan fingerprint density at radius 1 is 1.62 bits per heavy atom. The zero-order valence-corrected chi connectivity index (χ0v) is 10.4. The highest BCUT2D eigenvalue weighted by Crippen LogP contribution is 2.54. The predicted octanol–water partition coefficient (Wildman–Crippen LogP) is 2.49. The predicted molar refractivity (Wildman–Crippen MR) is 64.7 cm³/mol. The lowest BCUT2D eigenvalue weighted by molar-refractivity contribution is -0.00773. The van der Waals surface area contributed by atoms with Crippen molar-refractivity contribution in [2.24, 2.45) is 5.41 Å². The van der Waals surface area contributed by atoms with E-state index in [9.17, 15) is 5.11 Å². The fraction of sp³-hybridized carbons (Fsp3) is 0.583. The molecule has 0 aromatic carbocycles. The van der Waals surface area contributed by atoms with Crippen LogP contribution >= 0.6 is 11.3 Å². The number of hydrogen-bond acceptors (Lipinski definition) is 3. The second-order valence-electron chi connectivity index (χ2n) is 5.34. The van der Waals surface area contributed by atoms with Gasteiger partial charge in [-0.05, 0) is 25.2 Å². The standard InChI is InChI=1S/C12H16N2OS/c1-11(3-4-11)12(2,15)7-9-8-14-5-6-16-10(14)13-9/h5-6,8,15H,3-4,7H2,1-2H3. The van der Waals surface area contributed by atoms with Crippen molar-refractivity contribution in [3.8, 4) is 0 Å². The van der Waals surface area contributed by atoms with Crippen molar-refractivity contribution in [3.05, 3.63) is 23.5 Å². The first-order chi connectivity index (χ1) is 7.50. The van der Waals surface area contributed by atoms with Gasteiger partial charge in [0.2, 0.25) is 0 Å². The first-order valence-corrected chi connectivity index (χ1v) is 6.52. The van der Waals surface area contributed by atoms with E-state index in [0.717, 1.165) is 23.5 Å². The smallest absolute Gasteiger partial charge is 0.193 e. The fourth-order valence-electron chi connectivity index (χ4n) is 2.15. The molecular weight excluding hydrogens is 220 g/mol. The molecule has 86 valence electrons. The molecule has 2 aromatic rings. The average molecular weight is 236 g/mol. The zero-order chi connectivity index (χ0) is 11.4. The third-order valence-corrected chi connectivity index (χ3v) is 4.74. The highest BCUT2D eigenvalue weighted by Gasteiger charge is 2.52. The van der Waals surface area contributed by atoms with Gasteiger partial charge in [-0.3, -0.25) is 4.40 Å². The summed E-state index contributed by atoms with van der Waals surface area (Å²) in [5.41, 5.74) is 0.464. The van der Waals surface area contributed by atoms with Gasteiger partial charge in [0.05, 0.1) is 11.3 Å². The molecule has 3 nitrogen and oxygen atoms in total. The highest BCUT2D eigenvalue weighted by atomic mass is 32.1. The van der Waals surface area contributed by atoms with Crippen LogP contribution in [0.3, 0.4) is 0 Å². The number of imidazole rings is 1. The third-order valence-electron chi connectivity index (χ3n) is 3.97. The van der Waals surface area contributed by atoms with Crippen LogP contribution in [0.4, 0.5) is 0 Å². The minimum atomic E-state index is -0.628. The Morgan fingerprint density at radius 2 is 2.38 bits per heavy atom. The van der Waals surface area contributed by atoms with E-state index in [1.807, 2.05) is 29.1 Å². The molecule has 1 saturated carbocycles. The molecule has 2 heterocycles. The second-order valence-corrected chi connectivity index (χ2v) is 6.21. The van der Waals surface area contributed by atoms with Crippen LogP contribution in [0.5, 0.6) is 0 Å². The van der Waals surface area contributed by atoms with Gasteiger partial charge in [-0.15, -0.1) is 11.3 Å². The summed E-state index contributed by atoms with van der Waals surface area (Å²) < 4.78 is 2.02. The van der Waals surface area contributed by atoms with Crippen LogP contribution in [0.2, 0.25) is 0 Å². The van der Waals surface area contributed by atoms with Crippen LogP contribution in [0.25, 0.3) is 4.96 Å². The summed E-state index contributed by atoms with van der Waals surface area (Å²) in [5, 5.41) is 12.5. The lowest BCUT2D eigenvalue weighted by Crippen LogP contribution is -2.36. The van der Waals surface area contributed by atoms with Gasteiger partial charge in [0, 0.05) is 24.2 Å². The molecule has 0 spiro atoms. The normalized spacial score (nSPS) is 22.2. The molecule has 1 N–H and O–H groups in total. The Morgan fingerprint density at radius 3 is 3.00 bits per heavy atom. The summed E-state index contributed by atoms with van der Waals surface area (Å²) in [7, 11) is 0. The van der Waals surface area contributed by atoms with Crippen molar-refractivity contribution < 1.29 is 5.11 Å². The maximum absolute atomic E-state index is 10.5. The van der Waals surface area contributed by atoms with Gasteiger partial charge in [-0.25, -0.2) is 4.98 Å². The van der Waals surface area contributed by atoms with Crippen molar-refractivity contribution in [1.29, 1.82) is 0 Å². The van der Waals surface area contributed by atoms with E-state index in [2.05, 4.69) is 11.9 Å². The van der Waals surface area contributed by atoms with Crippen molar-refractivity contribution >= 4 is 16.3 Å². The molecule has 1 aliphatic carbocycles. The molecule has 0 saturated heterocycles. The summed E-state index contributed by atoms with van der Waals surface area (Å²) in [6, 6.07) is 0. The van der Waals surface area contributed by atoms with E-state index < -0.39 is 5.60 Å². The number of aliphatic hydroxyl groups is 1. The van der Waals surface area contributed by atoms with E-state index in [0.29, 0.717) is 6.42 Å². The monoisotopic (exact) mass is 236 g/mol. The molecule has 0 aliphatic heterocycles. The Balaban J connectivity index is 1.86. The van der Waals surface area contributed by atoms with E-state index >= 15 is 0 Å². The summed E-state index contributed by atoms with van der Waals surface area (Å²) in [6.07, 6.45) is 6.93. The largest absolute Gasteiger partial charge is 0.389 e. The number of aromatic nitrogens is 2. The van der Waals surface area contributed by atoms with Gasteiger partial charge in [-0.2, -0.15) is 0 Å². The molecule has 1 atom stereocenters. The Labute approximate surface area is 98.8 Å². The minimum absolute atomic E-state index is 0.101. The van der Waals surface area contributed by atoms with E-state index in [-0.39, 0.29) is 5.41 Å². The first kappa shape index (κ1) is 10.3. The van der Waals surface area contributed by atoms with Crippen LogP contribution < -0.4 is 0 Å². The number of rotatable bonds is 3. The lowest BCUT2D eigenvalue weighted by Gasteiger charge is -2.29. The quantitative estimate of drug-likeness (QED) is 0.889. The summed E-state index contributed by atoms with van der Waals surface area (Å²) in [6.45, 7) is 4.10. The van der Waals surface area contributed by atoms with Gasteiger partial charge in [0.25, 0.3) is 0 Å². The van der Waals surface area contributed by atoms with Crippen LogP contribution in [0.1, 0.15) is 32.4 Å². The van der Waals surface area contributed by atoms with E-state index in [4.69, 9.17) is 0 Å². The molecule has 4 heteroatoms. The number of nitrogens with zero attached hydrogens (tertiary/aromatic N) is 2. The molecule has 0 bridgehead atoms. The van der Waals surface area contributed by atoms with Crippen molar-refractivity contribution in [2.75, 3.05) is 0 Å². The molecule has 1 fully saturated rings. The summed E-state index contributed by atoms with van der Waals surface area (Å²) >= 11 is 1.63. The molecule has 3 rings (SSSR count). The number of thiazole rings is 1. The SMILES string of the molecule is CC(O)(Cc1cn2ccsc2n1)C1(C)CC1. The lowest BCUT2D eigenvalue weighted by atomic mass is 9.84. The maximum atomic E-state index is 10.5. The molecule has 1 aliphatic rings. The minimum Gasteiger partial charge on any atom is -0.389 e. The maximum Gasteiger partial charge on any atom is 0.193 e. The molecule has 16 heavy (non-hydrogen) atoms. The van der Waals surface area contributed by atoms with Crippen LogP contribution in [-0.2, 0) is 6.42 Å². The van der Waals surface area contributed by atoms with Crippen LogP contribution in [-0.4, -0.2) is 20.1 Å². The van der Waals surface area contributed by atoms with Gasteiger partial charge >= 0.3 is 0 Å². The Bertz CT molecular complexity index is 493. The van der Waals surface area contributed by atoms with E-state index in [1.54, 1.807) is 11.3 Å². The summed E-state index contributed by atoms with van der Waals surface area (Å²) in [5.74, 6) is 0. The fourth-order valence-corrected chi connectivity index (χ4v) is 2.87. The Kier molecular flexibility index (Phi) is 1.98. The first-order valence-electron chi connectivity index (χ1n) is 5.64. The van der Waals surface area contributed by atoms with Crippen LogP contribution in [0, 0.1) is 5.41 Å². The van der Waals surface area contributed by atoms with Gasteiger partial charge in [-0.1, -0.05) is 6.92 Å². The van der Waals surface area contributed by atoms with E-state index in [1.165, 1.54) is 0 Å². The topological polar surface area (TPSA) is 37.5 Å². The highest BCUT2D eigenvalue weighted by molar-refractivity contribution is 7.15. The van der Waals surface area contributed by atoms with Crippen molar-refractivity contribution in [3.63, 3.8) is 0 Å². The number of fused-ring (bicyclic) bond motifs is 1. The molecule has 2 aromatic heterocycles. The van der Waals surface area contributed by atoms with Crippen LogP contribution in [0.15, 0.2) is 17.8 Å². The van der Waals surface area contributed by atoms with Gasteiger partial charge < -0.3 is 5.11 Å². The van der Waals surface area contributed by atoms with Crippen molar-refractivity contribution in [1.82, 2.24) is 9.38 Å². The summed E-state index contributed by atoms with van der Waals surface area (Å²) in [4.78, 5) is 5.53. The molecular formula is C12H16N2OS. The number of hydrogen-bond donors (Lipinski definition) is 1.